The second kappa shape index (κ2) is 19.7. The van der Waals surface area contributed by atoms with Crippen molar-refractivity contribution in [3.63, 3.8) is 0 Å². The van der Waals surface area contributed by atoms with Gasteiger partial charge in [0.25, 0.3) is 0 Å². The van der Waals surface area contributed by atoms with E-state index in [-0.39, 0.29) is 49.0 Å². The van der Waals surface area contributed by atoms with Gasteiger partial charge in [0.2, 0.25) is 0 Å². The quantitative estimate of drug-likeness (QED) is 0.0993. The van der Waals surface area contributed by atoms with Crippen molar-refractivity contribution in [3.8, 4) is 0 Å². The zero-order valence-electron chi connectivity index (χ0n) is 27.2. The molecule has 0 radical (unpaired) electrons. The SMILES string of the molecule is O=CCCC/C=C\C[C@@H]1[C@@H](/C=C/[C@H](CCc2ccccc2)OC2CCCCO2)[C@H](OC2CCCCO2)C[C@@H]1OC1CCCCO1. The molecule has 1 aromatic carbocycles. The molecular weight excluding hydrogens is 568 g/mol. The predicted octanol–water partition coefficient (Wildman–Crippen LogP) is 7.86. The van der Waals surface area contributed by atoms with Crippen molar-refractivity contribution in [2.24, 2.45) is 11.8 Å². The maximum absolute atomic E-state index is 10.8. The normalized spacial score (nSPS) is 31.9. The molecule has 5 rings (SSSR count). The van der Waals surface area contributed by atoms with Crippen molar-refractivity contribution in [1.29, 1.82) is 0 Å². The summed E-state index contributed by atoms with van der Waals surface area (Å²) in [7, 11) is 0. The molecule has 3 aliphatic heterocycles. The van der Waals surface area contributed by atoms with Crippen LogP contribution in [0.25, 0.3) is 0 Å². The highest BCUT2D eigenvalue weighted by atomic mass is 16.7. The van der Waals surface area contributed by atoms with Gasteiger partial charge in [-0.15, -0.1) is 0 Å². The third-order valence-electron chi connectivity index (χ3n) is 9.64. The Morgan fingerprint density at radius 2 is 1.44 bits per heavy atom. The summed E-state index contributed by atoms with van der Waals surface area (Å²) in [5, 5.41) is 0. The monoisotopic (exact) mass is 624 g/mol. The smallest absolute Gasteiger partial charge is 0.158 e. The van der Waals surface area contributed by atoms with E-state index in [1.54, 1.807) is 0 Å². The van der Waals surface area contributed by atoms with Crippen molar-refractivity contribution in [2.45, 2.75) is 140 Å². The van der Waals surface area contributed by atoms with Crippen LogP contribution in [0.5, 0.6) is 0 Å². The highest BCUT2D eigenvalue weighted by molar-refractivity contribution is 5.49. The maximum Gasteiger partial charge on any atom is 0.158 e. The van der Waals surface area contributed by atoms with Crippen molar-refractivity contribution in [3.05, 3.63) is 60.2 Å². The fourth-order valence-corrected chi connectivity index (χ4v) is 7.11. The van der Waals surface area contributed by atoms with Gasteiger partial charge in [0.1, 0.15) is 6.29 Å². The van der Waals surface area contributed by atoms with E-state index in [9.17, 15) is 4.79 Å². The van der Waals surface area contributed by atoms with Crippen LogP contribution < -0.4 is 0 Å². The molecule has 45 heavy (non-hydrogen) atoms. The Balaban J connectivity index is 1.34. The lowest BCUT2D eigenvalue weighted by atomic mass is 9.89. The fraction of sp³-hybridized carbons (Fsp3) is 0.711. The first kappa shape index (κ1) is 34.5. The highest BCUT2D eigenvalue weighted by Gasteiger charge is 2.45. The topological polar surface area (TPSA) is 72.5 Å². The number of carbonyl (C=O) groups excluding carboxylic acids is 1. The van der Waals surface area contributed by atoms with E-state index in [4.69, 9.17) is 28.4 Å². The van der Waals surface area contributed by atoms with E-state index in [1.165, 1.54) is 5.56 Å². The number of carbonyl (C=O) groups is 1. The Labute approximate surface area is 271 Å². The van der Waals surface area contributed by atoms with Crippen molar-refractivity contribution in [2.75, 3.05) is 19.8 Å². The lowest BCUT2D eigenvalue weighted by Crippen LogP contribution is -2.31. The van der Waals surface area contributed by atoms with Crippen LogP contribution in [0.3, 0.4) is 0 Å². The number of aryl methyl sites for hydroxylation is 1. The molecule has 1 aromatic rings. The standard InChI is InChI=1S/C38H56O7/c39-25-11-3-1-2-7-17-32-33(24-23-31(43-36-18-8-12-26-40-36)22-21-30-15-5-4-6-16-30)35(45-38-20-10-14-28-42-38)29-34(32)44-37-19-9-13-27-41-37/h2,4-7,15-16,23-25,31-38H,1,3,8-14,17-22,26-29H2/b7-2-,24-23+/t31-,32+,33+,34-,35+,36?,37?,38?/m0/s1. The Morgan fingerprint density at radius 1 is 0.778 bits per heavy atom. The summed E-state index contributed by atoms with van der Waals surface area (Å²) < 4.78 is 38.2. The molecule has 3 saturated heterocycles. The minimum Gasteiger partial charge on any atom is -0.353 e. The minimum atomic E-state index is -0.162. The molecule has 8 atom stereocenters. The lowest BCUT2D eigenvalue weighted by Gasteiger charge is -2.30. The third kappa shape index (κ3) is 11.7. The number of benzene rings is 1. The molecule has 3 heterocycles. The van der Waals surface area contributed by atoms with Crippen LogP contribution in [-0.2, 0) is 39.6 Å². The Bertz CT molecular complexity index is 995. The molecule has 0 spiro atoms. The van der Waals surface area contributed by atoms with Crippen molar-refractivity contribution < 1.29 is 33.2 Å². The Morgan fingerprint density at radius 3 is 2.09 bits per heavy atom. The molecule has 0 amide bonds. The van der Waals surface area contributed by atoms with Crippen LogP contribution in [0.2, 0.25) is 0 Å². The van der Waals surface area contributed by atoms with E-state index in [0.29, 0.717) is 6.42 Å². The first-order valence-corrected chi connectivity index (χ1v) is 17.9. The lowest BCUT2D eigenvalue weighted by molar-refractivity contribution is -0.203. The average Bonchev–Trinajstić information content (AvgIpc) is 3.40. The molecule has 7 nitrogen and oxygen atoms in total. The number of unbranched alkanes of at least 4 members (excludes halogenated alkanes) is 2. The summed E-state index contributed by atoms with van der Waals surface area (Å²) in [6.45, 7) is 2.29. The van der Waals surface area contributed by atoms with Gasteiger partial charge in [-0.05, 0) is 101 Å². The maximum atomic E-state index is 10.8. The molecule has 250 valence electrons. The van der Waals surface area contributed by atoms with Crippen LogP contribution in [0.15, 0.2) is 54.6 Å². The van der Waals surface area contributed by atoms with Gasteiger partial charge in [0.05, 0.1) is 18.3 Å². The molecule has 4 fully saturated rings. The largest absolute Gasteiger partial charge is 0.353 e. The van der Waals surface area contributed by atoms with Gasteiger partial charge in [-0.2, -0.15) is 0 Å². The van der Waals surface area contributed by atoms with Crippen LogP contribution >= 0.6 is 0 Å². The second-order valence-corrected chi connectivity index (χ2v) is 13.1. The average molecular weight is 625 g/mol. The highest BCUT2D eigenvalue weighted by Crippen LogP contribution is 2.42. The van der Waals surface area contributed by atoms with Crippen LogP contribution in [0, 0.1) is 11.8 Å². The molecule has 7 heteroatoms. The number of rotatable bonds is 17. The van der Waals surface area contributed by atoms with Crippen LogP contribution in [0.1, 0.15) is 102 Å². The summed E-state index contributed by atoms with van der Waals surface area (Å²) >= 11 is 0. The Hall–Kier alpha value is -1.87. The molecule has 0 aromatic heterocycles. The first-order chi connectivity index (χ1) is 22.3. The van der Waals surface area contributed by atoms with Crippen molar-refractivity contribution in [1.82, 2.24) is 0 Å². The summed E-state index contributed by atoms with van der Waals surface area (Å²) in [5.74, 6) is 0.391. The van der Waals surface area contributed by atoms with Gasteiger partial charge in [-0.3, -0.25) is 0 Å². The molecule has 0 N–H and O–H groups in total. The van der Waals surface area contributed by atoms with Gasteiger partial charge in [0, 0.05) is 38.6 Å². The summed E-state index contributed by atoms with van der Waals surface area (Å²) in [6, 6.07) is 10.7. The van der Waals surface area contributed by atoms with Crippen molar-refractivity contribution >= 4 is 6.29 Å². The number of hydrogen-bond donors (Lipinski definition) is 0. The van der Waals surface area contributed by atoms with Gasteiger partial charge >= 0.3 is 0 Å². The second-order valence-electron chi connectivity index (χ2n) is 13.1. The minimum absolute atomic E-state index is 0.00731. The van der Waals surface area contributed by atoms with E-state index < -0.39 is 0 Å². The number of hydrogen-bond acceptors (Lipinski definition) is 7. The molecular formula is C38H56O7. The predicted molar refractivity (Wildman–Crippen MR) is 175 cm³/mol. The number of ether oxygens (including phenoxy) is 6. The fourth-order valence-electron chi connectivity index (χ4n) is 7.11. The summed E-state index contributed by atoms with van der Waals surface area (Å²) in [4.78, 5) is 10.8. The van der Waals surface area contributed by atoms with Crippen LogP contribution in [0.4, 0.5) is 0 Å². The van der Waals surface area contributed by atoms with Gasteiger partial charge in [-0.25, -0.2) is 0 Å². The zero-order chi connectivity index (χ0) is 30.9. The molecule has 4 aliphatic rings. The molecule has 1 aliphatic carbocycles. The molecule has 0 bridgehead atoms. The first-order valence-electron chi connectivity index (χ1n) is 17.9. The molecule has 1 saturated carbocycles. The number of allylic oxidation sites excluding steroid dienone is 2. The third-order valence-corrected chi connectivity index (χ3v) is 9.64. The van der Waals surface area contributed by atoms with E-state index in [2.05, 4.69) is 54.6 Å². The zero-order valence-corrected chi connectivity index (χ0v) is 27.2. The summed E-state index contributed by atoms with van der Waals surface area (Å²) in [5.41, 5.74) is 1.32. The number of aldehydes is 1. The van der Waals surface area contributed by atoms with Crippen LogP contribution in [-0.4, -0.2) is 63.3 Å². The summed E-state index contributed by atoms with van der Waals surface area (Å²) in [6.07, 6.45) is 25.2. The Kier molecular flexibility index (Phi) is 15.1. The van der Waals surface area contributed by atoms with Gasteiger partial charge < -0.3 is 33.2 Å². The van der Waals surface area contributed by atoms with E-state index in [1.807, 2.05) is 0 Å². The van der Waals surface area contributed by atoms with Gasteiger partial charge in [-0.1, -0.05) is 54.6 Å². The van der Waals surface area contributed by atoms with Gasteiger partial charge in [0.15, 0.2) is 18.9 Å². The van der Waals surface area contributed by atoms with E-state index in [0.717, 1.165) is 122 Å². The van der Waals surface area contributed by atoms with E-state index >= 15 is 0 Å². The molecule has 3 unspecified atom stereocenters.